The normalized spacial score (nSPS) is 11.2. The molecular weight excluding hydrogens is 146 g/mol. The molecule has 72 valence electrons. The van der Waals surface area contributed by atoms with Crippen LogP contribution in [0.1, 0.15) is 51.9 Å². The van der Waals surface area contributed by atoms with Gasteiger partial charge in [-0.05, 0) is 32.2 Å². The molecule has 1 heteroatoms. The third kappa shape index (κ3) is 9.70. The van der Waals surface area contributed by atoms with Gasteiger partial charge < -0.3 is 5.73 Å². The molecule has 0 aromatic carbocycles. The van der Waals surface area contributed by atoms with Gasteiger partial charge >= 0.3 is 0 Å². The monoisotopic (exact) mass is 169 g/mol. The fourth-order valence-corrected chi connectivity index (χ4v) is 1.16. The molecule has 0 rings (SSSR count). The average Bonchev–Trinajstić information content (AvgIpc) is 2.10. The molecule has 0 aliphatic heterocycles. The SMILES string of the molecule is CCCCCC/C=C\CCCN. The van der Waals surface area contributed by atoms with Gasteiger partial charge in [0.05, 0.1) is 0 Å². The van der Waals surface area contributed by atoms with Crippen molar-refractivity contribution in [3.05, 3.63) is 12.2 Å². The summed E-state index contributed by atoms with van der Waals surface area (Å²) in [5, 5.41) is 0. The van der Waals surface area contributed by atoms with Gasteiger partial charge in [0.1, 0.15) is 0 Å². The number of allylic oxidation sites excluding steroid dienone is 2. The summed E-state index contributed by atoms with van der Waals surface area (Å²) in [5.74, 6) is 0. The summed E-state index contributed by atoms with van der Waals surface area (Å²) in [6.45, 7) is 3.07. The molecule has 0 radical (unpaired) electrons. The Bertz CT molecular complexity index is 97.2. The summed E-state index contributed by atoms with van der Waals surface area (Å²) < 4.78 is 0. The lowest BCUT2D eigenvalue weighted by Gasteiger charge is -1.94. The first-order valence-corrected chi connectivity index (χ1v) is 5.27. The minimum Gasteiger partial charge on any atom is -0.330 e. The molecular formula is C11H23N. The molecule has 0 spiro atoms. The molecule has 0 aliphatic carbocycles. The second kappa shape index (κ2) is 10.7. The Kier molecular flexibility index (Phi) is 10.4. The molecule has 0 aromatic heterocycles. The largest absolute Gasteiger partial charge is 0.330 e. The maximum atomic E-state index is 5.38. The second-order valence-corrected chi connectivity index (χ2v) is 3.25. The molecule has 0 aliphatic rings. The summed E-state index contributed by atoms with van der Waals surface area (Å²) in [7, 11) is 0. The fourth-order valence-electron chi connectivity index (χ4n) is 1.16. The minimum absolute atomic E-state index is 0.820. The lowest BCUT2D eigenvalue weighted by molar-refractivity contribution is 0.673. The zero-order valence-corrected chi connectivity index (χ0v) is 8.39. The predicted octanol–water partition coefficient (Wildman–Crippen LogP) is 3.25. The number of nitrogens with two attached hydrogens (primary N) is 1. The third-order valence-electron chi connectivity index (χ3n) is 1.97. The van der Waals surface area contributed by atoms with E-state index in [1.54, 1.807) is 0 Å². The molecule has 12 heavy (non-hydrogen) atoms. The van der Waals surface area contributed by atoms with Gasteiger partial charge in [0.15, 0.2) is 0 Å². The van der Waals surface area contributed by atoms with E-state index in [-0.39, 0.29) is 0 Å². The Morgan fingerprint density at radius 3 is 2.17 bits per heavy atom. The summed E-state index contributed by atoms with van der Waals surface area (Å²) in [6, 6.07) is 0. The maximum absolute atomic E-state index is 5.38. The van der Waals surface area contributed by atoms with Crippen molar-refractivity contribution < 1.29 is 0 Å². The number of unbranched alkanes of at least 4 members (excludes halogenated alkanes) is 5. The number of rotatable bonds is 8. The van der Waals surface area contributed by atoms with E-state index in [0.29, 0.717) is 0 Å². The van der Waals surface area contributed by atoms with Crippen LogP contribution in [0.2, 0.25) is 0 Å². The van der Waals surface area contributed by atoms with E-state index < -0.39 is 0 Å². The van der Waals surface area contributed by atoms with Crippen molar-refractivity contribution in [3.63, 3.8) is 0 Å². The molecule has 0 heterocycles. The highest BCUT2D eigenvalue weighted by atomic mass is 14.5. The van der Waals surface area contributed by atoms with Crippen LogP contribution in [0.5, 0.6) is 0 Å². The van der Waals surface area contributed by atoms with Crippen LogP contribution in [0.25, 0.3) is 0 Å². The van der Waals surface area contributed by atoms with E-state index in [4.69, 9.17) is 5.73 Å². The lowest BCUT2D eigenvalue weighted by atomic mass is 10.1. The first-order chi connectivity index (χ1) is 5.91. The Balaban J connectivity index is 2.92. The van der Waals surface area contributed by atoms with Crippen LogP contribution >= 0.6 is 0 Å². The van der Waals surface area contributed by atoms with Gasteiger partial charge in [-0.2, -0.15) is 0 Å². The summed E-state index contributed by atoms with van der Waals surface area (Å²) in [6.07, 6.45) is 13.6. The average molecular weight is 169 g/mol. The van der Waals surface area contributed by atoms with Crippen molar-refractivity contribution in [1.82, 2.24) is 0 Å². The van der Waals surface area contributed by atoms with E-state index in [2.05, 4.69) is 19.1 Å². The molecule has 0 aromatic rings. The van der Waals surface area contributed by atoms with Crippen molar-refractivity contribution >= 4 is 0 Å². The van der Waals surface area contributed by atoms with Gasteiger partial charge in [0.2, 0.25) is 0 Å². The molecule has 0 atom stereocenters. The zero-order valence-electron chi connectivity index (χ0n) is 8.39. The first-order valence-electron chi connectivity index (χ1n) is 5.27. The van der Waals surface area contributed by atoms with Crippen molar-refractivity contribution in [3.8, 4) is 0 Å². The van der Waals surface area contributed by atoms with Gasteiger partial charge in [-0.15, -0.1) is 0 Å². The Hall–Kier alpha value is -0.300. The van der Waals surface area contributed by atoms with Crippen molar-refractivity contribution in [2.75, 3.05) is 6.54 Å². The van der Waals surface area contributed by atoms with E-state index >= 15 is 0 Å². The van der Waals surface area contributed by atoms with Gasteiger partial charge in [0, 0.05) is 0 Å². The topological polar surface area (TPSA) is 26.0 Å². The zero-order chi connectivity index (χ0) is 9.07. The molecule has 0 unspecified atom stereocenters. The van der Waals surface area contributed by atoms with Gasteiger partial charge in [-0.1, -0.05) is 38.3 Å². The van der Waals surface area contributed by atoms with Crippen LogP contribution in [0.3, 0.4) is 0 Å². The minimum atomic E-state index is 0.820. The quantitative estimate of drug-likeness (QED) is 0.438. The maximum Gasteiger partial charge on any atom is -0.00743 e. The molecule has 0 fully saturated rings. The molecule has 0 saturated heterocycles. The van der Waals surface area contributed by atoms with Crippen LogP contribution in [-0.4, -0.2) is 6.54 Å². The molecule has 1 nitrogen and oxygen atoms in total. The predicted molar refractivity (Wildman–Crippen MR) is 56.2 cm³/mol. The van der Waals surface area contributed by atoms with Gasteiger partial charge in [-0.3, -0.25) is 0 Å². The highest BCUT2D eigenvalue weighted by Gasteiger charge is 1.84. The number of hydrogen-bond acceptors (Lipinski definition) is 1. The third-order valence-corrected chi connectivity index (χ3v) is 1.97. The highest BCUT2D eigenvalue weighted by molar-refractivity contribution is 4.81. The summed E-state index contributed by atoms with van der Waals surface area (Å²) in [4.78, 5) is 0. The van der Waals surface area contributed by atoms with E-state index in [9.17, 15) is 0 Å². The standard InChI is InChI=1S/C11H23N/c1-2-3-4-5-6-7-8-9-10-11-12/h7-8H,2-6,9-12H2,1H3/b8-7-. The van der Waals surface area contributed by atoms with Crippen LogP contribution in [-0.2, 0) is 0 Å². The molecule has 0 bridgehead atoms. The van der Waals surface area contributed by atoms with E-state index in [1.165, 1.54) is 32.1 Å². The van der Waals surface area contributed by atoms with Crippen LogP contribution < -0.4 is 5.73 Å². The first kappa shape index (κ1) is 11.7. The molecule has 0 saturated carbocycles. The van der Waals surface area contributed by atoms with Crippen molar-refractivity contribution in [2.24, 2.45) is 5.73 Å². The number of hydrogen-bond donors (Lipinski definition) is 1. The summed E-state index contributed by atoms with van der Waals surface area (Å²) >= 11 is 0. The van der Waals surface area contributed by atoms with Crippen LogP contribution in [0.15, 0.2) is 12.2 Å². The highest BCUT2D eigenvalue weighted by Crippen LogP contribution is 2.03. The van der Waals surface area contributed by atoms with Gasteiger partial charge in [0.25, 0.3) is 0 Å². The summed E-state index contributed by atoms with van der Waals surface area (Å²) in [5.41, 5.74) is 5.38. The van der Waals surface area contributed by atoms with E-state index in [0.717, 1.165) is 19.4 Å². The van der Waals surface area contributed by atoms with Crippen LogP contribution in [0.4, 0.5) is 0 Å². The van der Waals surface area contributed by atoms with Gasteiger partial charge in [-0.25, -0.2) is 0 Å². The fraction of sp³-hybridized carbons (Fsp3) is 0.818. The Labute approximate surface area is 77.0 Å². The Morgan fingerprint density at radius 2 is 1.58 bits per heavy atom. The van der Waals surface area contributed by atoms with Crippen molar-refractivity contribution in [2.45, 2.75) is 51.9 Å². The molecule has 0 amide bonds. The van der Waals surface area contributed by atoms with E-state index in [1.807, 2.05) is 0 Å². The Morgan fingerprint density at radius 1 is 0.917 bits per heavy atom. The van der Waals surface area contributed by atoms with Crippen molar-refractivity contribution in [1.29, 1.82) is 0 Å². The lowest BCUT2D eigenvalue weighted by Crippen LogP contribution is -1.96. The second-order valence-electron chi connectivity index (χ2n) is 3.25. The smallest absolute Gasteiger partial charge is 0.00743 e. The van der Waals surface area contributed by atoms with Crippen LogP contribution in [0, 0.1) is 0 Å². The molecule has 2 N–H and O–H groups in total.